The third-order valence-corrected chi connectivity index (χ3v) is 57.9. The average molecular weight is 864 g/mol. The number of ketones is 1. The number of aliphatic hydroxyl groups is 3. The van der Waals surface area contributed by atoms with Gasteiger partial charge in [-0.1, -0.05) is 64.8 Å². The molecule has 0 radical (unpaired) electrons. The van der Waals surface area contributed by atoms with Gasteiger partial charge in [-0.15, -0.1) is 26.8 Å². The van der Waals surface area contributed by atoms with E-state index in [9.17, 15) is 24.9 Å². The zero-order valence-electron chi connectivity index (χ0n) is 27.8. The summed E-state index contributed by atoms with van der Waals surface area (Å²) in [7, 11) is 13.6. The SMILES string of the molecule is CC(=O)O[C@@]12CO[C@@H]1C[C@H](O)[C@@]1(C)C(=O)C(OP(P(P)P)P(PP)P(P)P)=C3C(C)[C@@H](O)C[C@@](O)([C@@H](OC(=O)c4ccccc4)[C@H]21)C3(C)C. The number of carbonyl (C=O) groups is 3. The van der Waals surface area contributed by atoms with Crippen LogP contribution in [0.25, 0.3) is 0 Å². The molecule has 1 saturated heterocycles. The molecule has 272 valence electrons. The first-order valence-electron chi connectivity index (χ1n) is 15.6. The molecule has 49 heavy (non-hydrogen) atoms. The fraction of sp³-hybridized carbons (Fsp3) is 0.621. The van der Waals surface area contributed by atoms with E-state index < -0.39 is 104 Å². The van der Waals surface area contributed by atoms with E-state index in [1.807, 2.05) is 6.92 Å². The van der Waals surface area contributed by atoms with Crippen molar-refractivity contribution in [3.63, 3.8) is 0 Å². The topological polar surface area (TPSA) is 149 Å². The van der Waals surface area contributed by atoms with E-state index in [-0.39, 0.29) is 30.8 Å². The summed E-state index contributed by atoms with van der Waals surface area (Å²) in [5.74, 6) is -3.84. The van der Waals surface area contributed by atoms with Gasteiger partial charge in [0.05, 0.1) is 35.7 Å². The zero-order chi connectivity index (χ0) is 36.4. The minimum Gasteiger partial charge on any atom is -0.460 e. The first-order valence-corrected chi connectivity index (χ1v) is 33.1. The highest BCUT2D eigenvalue weighted by Crippen LogP contribution is 3.09. The van der Waals surface area contributed by atoms with E-state index >= 15 is 4.79 Å². The normalized spacial score (nSPS) is 38.2. The quantitative estimate of drug-likeness (QED) is 0.169. The highest BCUT2D eigenvalue weighted by molar-refractivity contribution is 9.10. The Morgan fingerprint density at radius 1 is 1.06 bits per heavy atom. The van der Waals surface area contributed by atoms with Crippen LogP contribution in [-0.2, 0) is 28.3 Å². The van der Waals surface area contributed by atoms with Gasteiger partial charge >= 0.3 is 11.9 Å². The molecule has 1 aliphatic heterocycles. The Balaban J connectivity index is 1.85. The molecular weight excluding hydrogens is 818 g/mol. The lowest BCUT2D eigenvalue weighted by atomic mass is 9.45. The second-order valence-electron chi connectivity index (χ2n) is 13.8. The first-order chi connectivity index (χ1) is 22.8. The summed E-state index contributed by atoms with van der Waals surface area (Å²) in [6.45, 7) is 5.94. The van der Waals surface area contributed by atoms with Crippen molar-refractivity contribution in [2.24, 2.45) is 22.7 Å². The number of aliphatic hydroxyl groups excluding tert-OH is 2. The van der Waals surface area contributed by atoms with E-state index in [0.717, 1.165) is 0 Å². The lowest BCUT2D eigenvalue weighted by molar-refractivity contribution is -0.345. The van der Waals surface area contributed by atoms with Gasteiger partial charge in [-0.05, 0) is 31.6 Å². The number of carbonyl (C=O) groups excluding carboxylic acids is 3. The summed E-state index contributed by atoms with van der Waals surface area (Å²) in [6.07, 6.45) is -5.14. The first kappa shape index (κ1) is 41.7. The minimum atomic E-state index is -2.03. The highest BCUT2D eigenvalue weighted by Gasteiger charge is 2.78. The number of rotatable bonds is 9. The number of allylic oxidation sites excluding steroid dienone is 1. The van der Waals surface area contributed by atoms with Gasteiger partial charge in [-0.2, -0.15) is 0 Å². The van der Waals surface area contributed by atoms with Gasteiger partial charge in [0.1, 0.15) is 17.8 Å². The Morgan fingerprint density at radius 2 is 1.69 bits per heavy atom. The Morgan fingerprint density at radius 3 is 2.20 bits per heavy atom. The molecule has 0 aromatic heterocycles. The molecule has 3 aliphatic carbocycles. The second-order valence-corrected chi connectivity index (χ2v) is 48.2. The van der Waals surface area contributed by atoms with Gasteiger partial charge in [0.15, 0.2) is 18.9 Å². The Bertz CT molecular complexity index is 1500. The molecule has 4 aliphatic rings. The van der Waals surface area contributed by atoms with Crippen LogP contribution >= 0.6 is 81.1 Å². The third kappa shape index (κ3) is 6.98. The molecule has 3 N–H and O–H groups in total. The predicted molar refractivity (Wildman–Crippen MR) is 218 cm³/mol. The second kappa shape index (κ2) is 15.6. The molecule has 1 heterocycles. The van der Waals surface area contributed by atoms with E-state index in [1.165, 1.54) is 6.92 Å². The average Bonchev–Trinajstić information content (AvgIpc) is 3.02. The van der Waals surface area contributed by atoms with Crippen LogP contribution in [-0.4, -0.2) is 75.3 Å². The van der Waals surface area contributed by atoms with Crippen LogP contribution in [0, 0.1) is 22.7 Å². The van der Waals surface area contributed by atoms with Crippen LogP contribution in [0.3, 0.4) is 0 Å². The van der Waals surface area contributed by atoms with Crippen molar-refractivity contribution in [3.05, 3.63) is 47.2 Å². The Labute approximate surface area is 305 Å². The van der Waals surface area contributed by atoms with Crippen LogP contribution in [0.1, 0.15) is 57.8 Å². The summed E-state index contributed by atoms with van der Waals surface area (Å²) in [5, 5.41) is 37.1. The summed E-state index contributed by atoms with van der Waals surface area (Å²) in [5.41, 5.74) is -6.04. The van der Waals surface area contributed by atoms with Crippen molar-refractivity contribution in [2.45, 2.75) is 83.1 Å². The predicted octanol–water partition coefficient (Wildman–Crippen LogP) is 7.44. The number of fused-ring (bicyclic) bond motifs is 5. The largest absolute Gasteiger partial charge is 0.460 e. The maximum absolute atomic E-state index is 15.6. The lowest BCUT2D eigenvalue weighted by Gasteiger charge is -2.67. The van der Waals surface area contributed by atoms with Gasteiger partial charge in [0, 0.05) is 45.1 Å². The van der Waals surface area contributed by atoms with E-state index in [4.69, 9.17) is 18.7 Å². The molecule has 5 rings (SSSR count). The molecule has 3 fully saturated rings. The molecule has 2 saturated carbocycles. The van der Waals surface area contributed by atoms with Crippen molar-refractivity contribution in [1.82, 2.24) is 0 Å². The monoisotopic (exact) mass is 864 g/mol. The fourth-order valence-electron chi connectivity index (χ4n) is 8.21. The molecule has 10 nitrogen and oxygen atoms in total. The van der Waals surface area contributed by atoms with Crippen molar-refractivity contribution in [2.75, 3.05) is 6.61 Å². The van der Waals surface area contributed by atoms with Gasteiger partial charge in [-0.3, -0.25) is 9.59 Å². The highest BCUT2D eigenvalue weighted by atomic mass is 33.1. The number of hydrogen-bond donors (Lipinski definition) is 3. The molecule has 9 unspecified atom stereocenters. The van der Waals surface area contributed by atoms with Gasteiger partial charge in [0.25, 0.3) is 0 Å². The molecular formula is C29H46O10P10. The number of benzene rings is 1. The molecule has 1 aromatic rings. The molecule has 1 aromatic carbocycles. The van der Waals surface area contributed by atoms with Crippen molar-refractivity contribution in [1.29, 1.82) is 0 Å². The maximum atomic E-state index is 15.6. The standard InChI is InChI=1S/C29H46O10P10/c1-14-17(31)12-29(35)24(37-25(34)16-9-7-6-8-10-16)22-27(5,18(32)11-19-28(22,13-36-19)38-15(2)30)23(33)21(20(14)26(29,3)4)39-46(47(41)42)49(45-40)48(43)44/h6-10,14,17-19,22,24,31-32,35,45H,11-13,40-44H2,1-5H3/t14?,17-,18-,19+,22-,24-,27+,28-,29+,46?,49?/m0/s1. The maximum Gasteiger partial charge on any atom is 0.338 e. The van der Waals surface area contributed by atoms with Crippen molar-refractivity contribution >= 4 is 98.8 Å². The molecule has 0 amide bonds. The third-order valence-electron chi connectivity index (χ3n) is 10.8. The van der Waals surface area contributed by atoms with Gasteiger partial charge in [0.2, 0.25) is 5.78 Å². The van der Waals surface area contributed by atoms with E-state index in [2.05, 4.69) is 44.6 Å². The minimum absolute atomic E-state index is 0.0249. The lowest BCUT2D eigenvalue weighted by Crippen LogP contribution is -2.81. The number of Topliss-reactive ketones (excluding diaryl/α,β-unsaturated/α-hetero) is 1. The summed E-state index contributed by atoms with van der Waals surface area (Å²) < 4.78 is 25.5. The van der Waals surface area contributed by atoms with Gasteiger partial charge in [-0.25, -0.2) is 4.79 Å². The van der Waals surface area contributed by atoms with Crippen LogP contribution in [0.5, 0.6) is 0 Å². The number of ether oxygens (including phenoxy) is 3. The molecule has 20 heteroatoms. The van der Waals surface area contributed by atoms with E-state index in [0.29, 0.717) is 13.5 Å². The molecule has 2 bridgehead atoms. The van der Waals surface area contributed by atoms with Crippen LogP contribution in [0.15, 0.2) is 41.7 Å². The Hall–Kier alpha value is 1.51. The summed E-state index contributed by atoms with van der Waals surface area (Å²) in [4.78, 5) is 42.5. The van der Waals surface area contributed by atoms with E-state index in [1.54, 1.807) is 51.1 Å². The van der Waals surface area contributed by atoms with Crippen LogP contribution < -0.4 is 0 Å². The van der Waals surface area contributed by atoms with Crippen molar-refractivity contribution < 1.29 is 48.4 Å². The number of hydrogen-bond acceptors (Lipinski definition) is 10. The van der Waals surface area contributed by atoms with Crippen LogP contribution in [0.2, 0.25) is 0 Å². The summed E-state index contributed by atoms with van der Waals surface area (Å²) >= 11 is 0. The summed E-state index contributed by atoms with van der Waals surface area (Å²) in [6, 6.07) is 8.28. The Kier molecular flexibility index (Phi) is 13.2. The fourth-order valence-corrected chi connectivity index (χ4v) is 73.8. The van der Waals surface area contributed by atoms with Crippen LogP contribution in [0.4, 0.5) is 0 Å². The number of esters is 2. The van der Waals surface area contributed by atoms with Crippen molar-refractivity contribution in [3.8, 4) is 0 Å². The smallest absolute Gasteiger partial charge is 0.338 e. The zero-order valence-corrected chi connectivity index (χ0v) is 38.2. The molecule has 17 atom stereocenters. The van der Waals surface area contributed by atoms with Gasteiger partial charge < -0.3 is 34.1 Å². The molecule has 0 spiro atoms.